The van der Waals surface area contributed by atoms with Gasteiger partial charge in [0, 0.05) is 19.5 Å². The highest BCUT2D eigenvalue weighted by Gasteiger charge is 2.34. The van der Waals surface area contributed by atoms with Gasteiger partial charge in [-0.15, -0.1) is 0 Å². The molecule has 6 heteroatoms. The predicted octanol–water partition coefficient (Wildman–Crippen LogP) is -0.166. The Morgan fingerprint density at radius 1 is 1.53 bits per heavy atom. The van der Waals surface area contributed by atoms with Crippen molar-refractivity contribution in [3.05, 3.63) is 0 Å². The minimum atomic E-state index is -1.07. The molecule has 6 nitrogen and oxygen atoms in total. The number of rotatable bonds is 4. The van der Waals surface area contributed by atoms with Gasteiger partial charge in [-0.3, -0.25) is 14.4 Å². The molecule has 1 heterocycles. The van der Waals surface area contributed by atoms with Gasteiger partial charge in [-0.2, -0.15) is 0 Å². The Morgan fingerprint density at radius 3 is 2.71 bits per heavy atom. The van der Waals surface area contributed by atoms with Gasteiger partial charge >= 0.3 is 5.97 Å². The Labute approximate surface area is 100.0 Å². The number of nitrogens with zero attached hydrogens (tertiary/aromatic N) is 1. The lowest BCUT2D eigenvalue weighted by Gasteiger charge is -2.34. The van der Waals surface area contributed by atoms with Gasteiger partial charge in [0.2, 0.25) is 11.8 Å². The van der Waals surface area contributed by atoms with Crippen molar-refractivity contribution in [2.45, 2.75) is 32.7 Å². The molecule has 1 fully saturated rings. The smallest absolute Gasteiger partial charge is 0.305 e. The van der Waals surface area contributed by atoms with Gasteiger partial charge in [0.15, 0.2) is 0 Å². The lowest BCUT2D eigenvalue weighted by atomic mass is 10.1. The summed E-state index contributed by atoms with van der Waals surface area (Å²) >= 11 is 0. The van der Waals surface area contributed by atoms with E-state index in [1.54, 1.807) is 0 Å². The first kappa shape index (κ1) is 13.5. The van der Waals surface area contributed by atoms with Crippen LogP contribution < -0.4 is 5.32 Å². The SMILES string of the molecule is CC(C)CC(=O)N1CCNC(=O)C1CC(=O)O. The fourth-order valence-electron chi connectivity index (χ4n) is 1.85. The summed E-state index contributed by atoms with van der Waals surface area (Å²) in [4.78, 5) is 35.5. The van der Waals surface area contributed by atoms with Gasteiger partial charge in [-0.1, -0.05) is 13.8 Å². The highest BCUT2D eigenvalue weighted by atomic mass is 16.4. The maximum absolute atomic E-state index is 11.9. The normalized spacial score (nSPS) is 20.3. The van der Waals surface area contributed by atoms with Crippen LogP contribution in [0.3, 0.4) is 0 Å². The maximum Gasteiger partial charge on any atom is 0.305 e. The van der Waals surface area contributed by atoms with E-state index in [0.717, 1.165) is 0 Å². The summed E-state index contributed by atoms with van der Waals surface area (Å²) in [5.41, 5.74) is 0. The van der Waals surface area contributed by atoms with Gasteiger partial charge in [0.25, 0.3) is 0 Å². The van der Waals surface area contributed by atoms with E-state index in [1.165, 1.54) is 4.90 Å². The molecule has 1 atom stereocenters. The molecule has 1 rings (SSSR count). The Hall–Kier alpha value is -1.59. The third-order valence-electron chi connectivity index (χ3n) is 2.60. The van der Waals surface area contributed by atoms with Gasteiger partial charge < -0.3 is 15.3 Å². The monoisotopic (exact) mass is 242 g/mol. The lowest BCUT2D eigenvalue weighted by Crippen LogP contribution is -2.57. The van der Waals surface area contributed by atoms with Crippen LogP contribution >= 0.6 is 0 Å². The molecule has 2 N–H and O–H groups in total. The van der Waals surface area contributed by atoms with Crippen LogP contribution in [0.5, 0.6) is 0 Å². The average molecular weight is 242 g/mol. The molecule has 0 aromatic carbocycles. The van der Waals surface area contributed by atoms with Crippen molar-refractivity contribution in [2.75, 3.05) is 13.1 Å². The van der Waals surface area contributed by atoms with E-state index in [9.17, 15) is 14.4 Å². The fourth-order valence-corrected chi connectivity index (χ4v) is 1.85. The highest BCUT2D eigenvalue weighted by molar-refractivity contribution is 5.91. The molecule has 1 saturated heterocycles. The van der Waals surface area contributed by atoms with Gasteiger partial charge in [0.05, 0.1) is 6.42 Å². The van der Waals surface area contributed by atoms with E-state index in [4.69, 9.17) is 5.11 Å². The van der Waals surface area contributed by atoms with Crippen molar-refractivity contribution >= 4 is 17.8 Å². The molecule has 1 unspecified atom stereocenters. The van der Waals surface area contributed by atoms with Gasteiger partial charge in [-0.05, 0) is 5.92 Å². The second-order valence-electron chi connectivity index (χ2n) is 4.59. The number of carbonyl (C=O) groups is 3. The number of nitrogens with one attached hydrogen (secondary N) is 1. The van der Waals surface area contributed by atoms with Crippen LogP contribution in [0, 0.1) is 5.92 Å². The topological polar surface area (TPSA) is 86.7 Å². The Kier molecular flexibility index (Phi) is 4.48. The molecule has 96 valence electrons. The van der Waals surface area contributed by atoms with Crippen molar-refractivity contribution in [3.8, 4) is 0 Å². The molecular weight excluding hydrogens is 224 g/mol. The zero-order chi connectivity index (χ0) is 13.0. The summed E-state index contributed by atoms with van der Waals surface area (Å²) in [6.07, 6.45) is -0.000925. The first-order valence-corrected chi connectivity index (χ1v) is 5.70. The summed E-state index contributed by atoms with van der Waals surface area (Å²) in [7, 11) is 0. The first-order chi connectivity index (χ1) is 7.91. The van der Waals surface area contributed by atoms with Crippen molar-refractivity contribution in [1.82, 2.24) is 10.2 Å². The number of carbonyl (C=O) groups excluding carboxylic acids is 2. The number of aliphatic carboxylic acids is 1. The molecule has 0 radical (unpaired) electrons. The number of carboxylic acids is 1. The second-order valence-corrected chi connectivity index (χ2v) is 4.59. The first-order valence-electron chi connectivity index (χ1n) is 5.70. The Morgan fingerprint density at radius 2 is 2.18 bits per heavy atom. The molecular formula is C11H18N2O4. The molecule has 0 spiro atoms. The van der Waals surface area contributed by atoms with Crippen LogP contribution in [0.25, 0.3) is 0 Å². The summed E-state index contributed by atoms with van der Waals surface area (Å²) in [5.74, 6) is -1.41. The average Bonchev–Trinajstić information content (AvgIpc) is 2.19. The van der Waals surface area contributed by atoms with Gasteiger partial charge in [0.1, 0.15) is 6.04 Å². The van der Waals surface area contributed by atoms with Crippen molar-refractivity contribution in [1.29, 1.82) is 0 Å². The third kappa shape index (κ3) is 3.72. The molecule has 0 bridgehead atoms. The largest absolute Gasteiger partial charge is 0.481 e. The molecule has 0 aromatic rings. The number of hydrogen-bond donors (Lipinski definition) is 2. The zero-order valence-corrected chi connectivity index (χ0v) is 10.1. The summed E-state index contributed by atoms with van der Waals surface area (Å²) in [5, 5.41) is 11.3. The van der Waals surface area contributed by atoms with E-state index in [2.05, 4.69) is 5.32 Å². The quantitative estimate of drug-likeness (QED) is 0.717. The van der Waals surface area contributed by atoms with Crippen LogP contribution in [0.2, 0.25) is 0 Å². The molecule has 0 aliphatic carbocycles. The van der Waals surface area contributed by atoms with Crippen molar-refractivity contribution < 1.29 is 19.5 Å². The van der Waals surface area contributed by atoms with E-state index < -0.39 is 12.0 Å². The van der Waals surface area contributed by atoms with E-state index in [-0.39, 0.29) is 24.2 Å². The van der Waals surface area contributed by atoms with Crippen LogP contribution in [0.15, 0.2) is 0 Å². The number of piperazine rings is 1. The fraction of sp³-hybridized carbons (Fsp3) is 0.727. The molecule has 0 aromatic heterocycles. The summed E-state index contributed by atoms with van der Waals surface area (Å²) in [6.45, 7) is 4.59. The van der Waals surface area contributed by atoms with Crippen LogP contribution in [-0.2, 0) is 14.4 Å². The Bertz CT molecular complexity index is 327. The minimum absolute atomic E-state index is 0.152. The van der Waals surface area contributed by atoms with Crippen LogP contribution in [0.1, 0.15) is 26.7 Å². The Balaban J connectivity index is 2.74. The van der Waals surface area contributed by atoms with E-state index >= 15 is 0 Å². The number of amides is 2. The number of carboxylic acid groups (broad SMARTS) is 1. The van der Waals surface area contributed by atoms with Crippen LogP contribution in [0.4, 0.5) is 0 Å². The van der Waals surface area contributed by atoms with E-state index in [0.29, 0.717) is 19.5 Å². The molecule has 17 heavy (non-hydrogen) atoms. The maximum atomic E-state index is 11.9. The molecule has 1 aliphatic heterocycles. The standard InChI is InChI=1S/C11H18N2O4/c1-7(2)5-9(14)13-4-3-12-11(17)8(13)6-10(15)16/h7-8H,3-6H2,1-2H3,(H,12,17)(H,15,16). The second kappa shape index (κ2) is 5.65. The lowest BCUT2D eigenvalue weighted by molar-refractivity contribution is -0.149. The summed E-state index contributed by atoms with van der Waals surface area (Å²) in [6, 6.07) is -0.868. The summed E-state index contributed by atoms with van der Waals surface area (Å²) < 4.78 is 0. The predicted molar refractivity (Wildman–Crippen MR) is 60.2 cm³/mol. The number of hydrogen-bond acceptors (Lipinski definition) is 3. The molecule has 0 saturated carbocycles. The minimum Gasteiger partial charge on any atom is -0.481 e. The van der Waals surface area contributed by atoms with Crippen LogP contribution in [-0.4, -0.2) is 46.9 Å². The molecule has 1 aliphatic rings. The molecule has 2 amide bonds. The van der Waals surface area contributed by atoms with Crippen molar-refractivity contribution in [3.63, 3.8) is 0 Å². The highest BCUT2D eigenvalue weighted by Crippen LogP contribution is 2.13. The van der Waals surface area contributed by atoms with E-state index in [1.807, 2.05) is 13.8 Å². The van der Waals surface area contributed by atoms with Gasteiger partial charge in [-0.25, -0.2) is 0 Å². The third-order valence-corrected chi connectivity index (χ3v) is 2.60. The van der Waals surface area contributed by atoms with Crippen molar-refractivity contribution in [2.24, 2.45) is 5.92 Å². The zero-order valence-electron chi connectivity index (χ0n) is 10.1.